The largest absolute Gasteiger partial charge is 0.467 e. The van der Waals surface area contributed by atoms with Crippen molar-refractivity contribution in [2.24, 2.45) is 0 Å². The summed E-state index contributed by atoms with van der Waals surface area (Å²) in [5, 5.41) is 12.1. The molecule has 1 aliphatic heterocycles. The minimum atomic E-state index is -1.02. The SMILES string of the molecule is COC(=O)/C=C/C[C@@H](NC(=O)[C@@H]1C[C@@H](O)CN1C(C)=O)C(=O)OC. The van der Waals surface area contributed by atoms with Gasteiger partial charge in [-0.25, -0.2) is 9.59 Å². The van der Waals surface area contributed by atoms with Crippen molar-refractivity contribution in [1.82, 2.24) is 10.2 Å². The lowest BCUT2D eigenvalue weighted by molar-refractivity contribution is -0.146. The number of hydrogen-bond donors (Lipinski definition) is 2. The van der Waals surface area contributed by atoms with Gasteiger partial charge in [-0.15, -0.1) is 0 Å². The molecule has 0 aromatic carbocycles. The van der Waals surface area contributed by atoms with Crippen LogP contribution in [0.4, 0.5) is 0 Å². The van der Waals surface area contributed by atoms with Crippen molar-refractivity contribution >= 4 is 23.8 Å². The van der Waals surface area contributed by atoms with Crippen LogP contribution in [-0.2, 0) is 28.7 Å². The molecular weight excluding hydrogens is 320 g/mol. The van der Waals surface area contributed by atoms with Crippen molar-refractivity contribution in [1.29, 1.82) is 0 Å². The first kappa shape index (κ1) is 19.6. The molecule has 24 heavy (non-hydrogen) atoms. The predicted molar refractivity (Wildman–Crippen MR) is 81.5 cm³/mol. The summed E-state index contributed by atoms with van der Waals surface area (Å²) in [7, 11) is 2.39. The summed E-state index contributed by atoms with van der Waals surface area (Å²) in [6.07, 6.45) is 1.82. The zero-order chi connectivity index (χ0) is 18.3. The molecule has 0 aromatic rings. The average Bonchev–Trinajstić information content (AvgIpc) is 2.95. The van der Waals surface area contributed by atoms with Gasteiger partial charge in [0.2, 0.25) is 11.8 Å². The number of aliphatic hydroxyl groups is 1. The third-order valence-corrected chi connectivity index (χ3v) is 3.62. The number of nitrogens with one attached hydrogen (secondary N) is 1. The number of esters is 2. The molecule has 1 saturated heterocycles. The fraction of sp³-hybridized carbons (Fsp3) is 0.600. The fourth-order valence-electron chi connectivity index (χ4n) is 2.40. The average molecular weight is 342 g/mol. The summed E-state index contributed by atoms with van der Waals surface area (Å²) in [4.78, 5) is 47.9. The monoisotopic (exact) mass is 342 g/mol. The van der Waals surface area contributed by atoms with Gasteiger partial charge in [-0.3, -0.25) is 9.59 Å². The molecule has 134 valence electrons. The number of likely N-dealkylation sites (tertiary alicyclic amines) is 1. The van der Waals surface area contributed by atoms with Gasteiger partial charge in [-0.05, 0) is 6.42 Å². The Morgan fingerprint density at radius 1 is 1.29 bits per heavy atom. The minimum absolute atomic E-state index is 0.0167. The van der Waals surface area contributed by atoms with E-state index in [0.717, 1.165) is 6.08 Å². The minimum Gasteiger partial charge on any atom is -0.467 e. The Balaban J connectivity index is 2.76. The van der Waals surface area contributed by atoms with Crippen molar-refractivity contribution in [3.63, 3.8) is 0 Å². The maximum Gasteiger partial charge on any atom is 0.330 e. The highest BCUT2D eigenvalue weighted by Crippen LogP contribution is 2.18. The molecule has 1 aliphatic rings. The molecular formula is C15H22N2O7. The Kier molecular flexibility index (Phi) is 7.37. The van der Waals surface area contributed by atoms with Gasteiger partial charge in [-0.1, -0.05) is 6.08 Å². The van der Waals surface area contributed by atoms with Gasteiger partial charge in [0.15, 0.2) is 0 Å². The zero-order valence-electron chi connectivity index (χ0n) is 13.9. The fourth-order valence-corrected chi connectivity index (χ4v) is 2.40. The maximum atomic E-state index is 12.4. The Labute approximate surface area is 139 Å². The molecule has 0 unspecified atom stereocenters. The van der Waals surface area contributed by atoms with Crippen LogP contribution >= 0.6 is 0 Å². The van der Waals surface area contributed by atoms with E-state index in [-0.39, 0.29) is 25.3 Å². The number of ether oxygens (including phenoxy) is 2. The van der Waals surface area contributed by atoms with Gasteiger partial charge in [0, 0.05) is 26.0 Å². The lowest BCUT2D eigenvalue weighted by atomic mass is 10.1. The molecule has 1 heterocycles. The number of methoxy groups -OCH3 is 2. The lowest BCUT2D eigenvalue weighted by Gasteiger charge is -2.24. The van der Waals surface area contributed by atoms with Crippen LogP contribution in [0, 0.1) is 0 Å². The van der Waals surface area contributed by atoms with E-state index >= 15 is 0 Å². The molecule has 9 heteroatoms. The summed E-state index contributed by atoms with van der Waals surface area (Å²) in [5.74, 6) is -2.19. The first-order chi connectivity index (χ1) is 11.3. The molecule has 1 rings (SSSR count). The normalized spacial score (nSPS) is 21.4. The second-order valence-corrected chi connectivity index (χ2v) is 5.32. The molecule has 0 aliphatic carbocycles. The molecule has 1 fully saturated rings. The van der Waals surface area contributed by atoms with Crippen LogP contribution in [0.15, 0.2) is 12.2 Å². The van der Waals surface area contributed by atoms with Crippen LogP contribution in [0.1, 0.15) is 19.8 Å². The quantitative estimate of drug-likeness (QED) is 0.456. The van der Waals surface area contributed by atoms with Gasteiger partial charge in [0.25, 0.3) is 0 Å². The van der Waals surface area contributed by atoms with E-state index in [0.29, 0.717) is 0 Å². The van der Waals surface area contributed by atoms with Crippen LogP contribution in [0.25, 0.3) is 0 Å². The van der Waals surface area contributed by atoms with E-state index in [9.17, 15) is 24.3 Å². The molecule has 0 saturated carbocycles. The number of carbonyl (C=O) groups excluding carboxylic acids is 4. The third kappa shape index (κ3) is 5.34. The molecule has 2 amide bonds. The van der Waals surface area contributed by atoms with Crippen molar-refractivity contribution < 1.29 is 33.8 Å². The Hall–Kier alpha value is -2.42. The molecule has 0 bridgehead atoms. The van der Waals surface area contributed by atoms with E-state index in [2.05, 4.69) is 14.8 Å². The van der Waals surface area contributed by atoms with Crippen molar-refractivity contribution in [3.05, 3.63) is 12.2 Å². The second kappa shape index (κ2) is 9.02. The van der Waals surface area contributed by atoms with Crippen molar-refractivity contribution in [2.75, 3.05) is 20.8 Å². The standard InChI is InChI=1S/C15H22N2O7/c1-9(18)17-8-10(19)7-12(17)14(21)16-11(15(22)24-3)5-4-6-13(20)23-2/h4,6,10-12,19H,5,7-8H2,1-3H3,(H,16,21)/b6-4+/t10-,11-,12+/m1/s1. The van der Waals surface area contributed by atoms with Crippen molar-refractivity contribution in [3.8, 4) is 0 Å². The van der Waals surface area contributed by atoms with Crippen LogP contribution in [-0.4, -0.2) is 72.7 Å². The number of rotatable bonds is 6. The Morgan fingerprint density at radius 2 is 1.96 bits per heavy atom. The Bertz CT molecular complexity index is 532. The van der Waals surface area contributed by atoms with Gasteiger partial charge < -0.3 is 24.8 Å². The molecule has 2 N–H and O–H groups in total. The first-order valence-corrected chi connectivity index (χ1v) is 7.38. The summed E-state index contributed by atoms with van der Waals surface area (Å²) >= 11 is 0. The zero-order valence-corrected chi connectivity index (χ0v) is 13.9. The van der Waals surface area contributed by atoms with E-state index in [1.54, 1.807) is 0 Å². The second-order valence-electron chi connectivity index (χ2n) is 5.32. The number of nitrogens with zero attached hydrogens (tertiary/aromatic N) is 1. The number of carbonyl (C=O) groups is 4. The molecule has 3 atom stereocenters. The third-order valence-electron chi connectivity index (χ3n) is 3.62. The number of amides is 2. The highest BCUT2D eigenvalue weighted by Gasteiger charge is 2.38. The van der Waals surface area contributed by atoms with Crippen LogP contribution in [0.5, 0.6) is 0 Å². The molecule has 0 aromatic heterocycles. The topological polar surface area (TPSA) is 122 Å². The predicted octanol–water partition coefficient (Wildman–Crippen LogP) is -1.25. The maximum absolute atomic E-state index is 12.4. The Morgan fingerprint density at radius 3 is 2.50 bits per heavy atom. The van der Waals surface area contributed by atoms with Crippen LogP contribution < -0.4 is 5.32 Å². The van der Waals surface area contributed by atoms with E-state index in [1.807, 2.05) is 0 Å². The number of hydrogen-bond acceptors (Lipinski definition) is 7. The van der Waals surface area contributed by atoms with E-state index in [4.69, 9.17) is 0 Å². The smallest absolute Gasteiger partial charge is 0.330 e. The van der Waals surface area contributed by atoms with Gasteiger partial charge in [-0.2, -0.15) is 0 Å². The van der Waals surface area contributed by atoms with Gasteiger partial charge in [0.1, 0.15) is 12.1 Å². The lowest BCUT2D eigenvalue weighted by Crippen LogP contribution is -2.50. The highest BCUT2D eigenvalue weighted by atomic mass is 16.5. The summed E-state index contributed by atoms with van der Waals surface area (Å²) in [6, 6.07) is -1.87. The summed E-state index contributed by atoms with van der Waals surface area (Å²) in [6.45, 7) is 1.37. The first-order valence-electron chi connectivity index (χ1n) is 7.38. The number of aliphatic hydroxyl groups excluding tert-OH is 1. The van der Waals surface area contributed by atoms with Gasteiger partial charge in [0.05, 0.1) is 20.3 Å². The molecule has 0 radical (unpaired) electrons. The highest BCUT2D eigenvalue weighted by molar-refractivity contribution is 5.91. The molecule has 0 spiro atoms. The van der Waals surface area contributed by atoms with Gasteiger partial charge >= 0.3 is 11.9 Å². The van der Waals surface area contributed by atoms with Crippen LogP contribution in [0.2, 0.25) is 0 Å². The summed E-state index contributed by atoms with van der Waals surface area (Å²) in [5.41, 5.74) is 0. The van der Waals surface area contributed by atoms with Crippen molar-refractivity contribution in [2.45, 2.75) is 38.0 Å². The van der Waals surface area contributed by atoms with E-state index < -0.39 is 36.0 Å². The summed E-state index contributed by atoms with van der Waals surface area (Å²) < 4.78 is 9.05. The van der Waals surface area contributed by atoms with Crippen LogP contribution in [0.3, 0.4) is 0 Å². The number of β-amino-alcohol motifs (C(OH)–C–C–N with tert-alkyl or cyclic N) is 1. The van der Waals surface area contributed by atoms with E-state index in [1.165, 1.54) is 32.1 Å². The molecule has 9 nitrogen and oxygen atoms in total.